The third-order valence-electron chi connectivity index (χ3n) is 3.60. The molecule has 0 radical (unpaired) electrons. The zero-order valence-corrected chi connectivity index (χ0v) is 13.2. The predicted octanol–water partition coefficient (Wildman–Crippen LogP) is 3.07. The molecule has 0 spiro atoms. The van der Waals surface area contributed by atoms with Crippen LogP contribution in [-0.2, 0) is 0 Å². The summed E-state index contributed by atoms with van der Waals surface area (Å²) in [7, 11) is 0. The number of hydrogen-bond donors (Lipinski definition) is 1. The Morgan fingerprint density at radius 1 is 1.33 bits per heavy atom. The Labute approximate surface area is 128 Å². The van der Waals surface area contributed by atoms with Crippen LogP contribution in [-0.4, -0.2) is 35.1 Å². The molecule has 0 bridgehead atoms. The van der Waals surface area contributed by atoms with E-state index in [2.05, 4.69) is 32.6 Å². The Balaban J connectivity index is 3.08. The van der Waals surface area contributed by atoms with Gasteiger partial charge in [-0.1, -0.05) is 44.2 Å². The molecule has 1 rings (SSSR count). The molecule has 21 heavy (non-hydrogen) atoms. The van der Waals surface area contributed by atoms with Gasteiger partial charge in [-0.25, -0.2) is 0 Å². The molecule has 3 nitrogen and oxygen atoms in total. The van der Waals surface area contributed by atoms with E-state index in [-0.39, 0.29) is 18.6 Å². The maximum absolute atomic E-state index is 12.8. The van der Waals surface area contributed by atoms with Gasteiger partial charge in [0.1, 0.15) is 6.61 Å². The van der Waals surface area contributed by atoms with Crippen LogP contribution in [0.2, 0.25) is 0 Å². The summed E-state index contributed by atoms with van der Waals surface area (Å²) < 4.78 is 0. The fourth-order valence-corrected chi connectivity index (χ4v) is 2.14. The fraction of sp³-hybridized carbons (Fsp3) is 0.500. The summed E-state index contributed by atoms with van der Waals surface area (Å²) in [4.78, 5) is 14.8. The third-order valence-corrected chi connectivity index (χ3v) is 3.60. The molecule has 114 valence electrons. The van der Waals surface area contributed by atoms with Crippen LogP contribution < -0.4 is 0 Å². The van der Waals surface area contributed by atoms with E-state index in [4.69, 9.17) is 5.11 Å². The lowest BCUT2D eigenvalue weighted by Crippen LogP contribution is -2.39. The number of rotatable bonds is 6. The van der Waals surface area contributed by atoms with Gasteiger partial charge in [0.25, 0.3) is 5.91 Å². The number of carbonyl (C=O) groups is 1. The maximum Gasteiger partial charge on any atom is 0.255 e. The molecule has 0 aliphatic carbocycles. The van der Waals surface area contributed by atoms with Gasteiger partial charge in [-0.05, 0) is 31.9 Å². The number of nitrogens with zero attached hydrogens (tertiary/aromatic N) is 1. The van der Waals surface area contributed by atoms with E-state index in [1.54, 1.807) is 0 Å². The highest BCUT2D eigenvalue weighted by molar-refractivity contribution is 5.97. The van der Waals surface area contributed by atoms with Crippen molar-refractivity contribution in [1.29, 1.82) is 0 Å². The molecule has 0 saturated heterocycles. The van der Waals surface area contributed by atoms with Gasteiger partial charge in [0.2, 0.25) is 0 Å². The lowest BCUT2D eigenvalue weighted by molar-refractivity contribution is 0.0685. The fourth-order valence-electron chi connectivity index (χ4n) is 2.14. The van der Waals surface area contributed by atoms with E-state index in [1.807, 2.05) is 29.2 Å². The highest BCUT2D eigenvalue weighted by Crippen LogP contribution is 2.15. The van der Waals surface area contributed by atoms with Crippen molar-refractivity contribution in [2.45, 2.75) is 46.1 Å². The van der Waals surface area contributed by atoms with Crippen LogP contribution in [0.4, 0.5) is 0 Å². The van der Waals surface area contributed by atoms with Crippen LogP contribution in [0.25, 0.3) is 0 Å². The highest BCUT2D eigenvalue weighted by Gasteiger charge is 2.21. The van der Waals surface area contributed by atoms with E-state index in [9.17, 15) is 4.79 Å². The molecule has 0 aliphatic rings. The SMILES string of the molecule is CCCCN(C(=O)c1ccccc1C#CCO)C(C)CC. The van der Waals surface area contributed by atoms with Crippen LogP contribution in [0, 0.1) is 11.8 Å². The number of aliphatic hydroxyl groups excluding tert-OH is 1. The zero-order chi connectivity index (χ0) is 15.7. The first-order valence-corrected chi connectivity index (χ1v) is 7.65. The van der Waals surface area contributed by atoms with Gasteiger partial charge in [0.05, 0.1) is 5.56 Å². The summed E-state index contributed by atoms with van der Waals surface area (Å²) in [6.07, 6.45) is 2.99. The lowest BCUT2D eigenvalue weighted by Gasteiger charge is -2.29. The summed E-state index contributed by atoms with van der Waals surface area (Å²) in [6, 6.07) is 7.56. The molecule has 0 saturated carbocycles. The van der Waals surface area contributed by atoms with E-state index >= 15 is 0 Å². The lowest BCUT2D eigenvalue weighted by atomic mass is 10.0. The van der Waals surface area contributed by atoms with Crippen LogP contribution in [0.5, 0.6) is 0 Å². The zero-order valence-electron chi connectivity index (χ0n) is 13.2. The molecule has 0 aromatic heterocycles. The smallest absolute Gasteiger partial charge is 0.255 e. The highest BCUT2D eigenvalue weighted by atomic mass is 16.2. The molecule has 0 heterocycles. The second kappa shape index (κ2) is 9.20. The first-order valence-electron chi connectivity index (χ1n) is 7.65. The third kappa shape index (κ3) is 4.91. The molecule has 1 amide bonds. The quantitative estimate of drug-likeness (QED) is 0.817. The van der Waals surface area contributed by atoms with Crippen molar-refractivity contribution in [1.82, 2.24) is 4.90 Å². The normalized spacial score (nSPS) is 11.4. The Bertz CT molecular complexity index is 513. The van der Waals surface area contributed by atoms with Crippen molar-refractivity contribution in [3.8, 4) is 11.8 Å². The molecule has 0 fully saturated rings. The summed E-state index contributed by atoms with van der Waals surface area (Å²) in [5.74, 6) is 5.51. The molecular formula is C18H25NO2. The molecule has 1 atom stereocenters. The number of carbonyl (C=O) groups excluding carboxylic acids is 1. The average Bonchev–Trinajstić information content (AvgIpc) is 2.52. The van der Waals surface area contributed by atoms with Crippen molar-refractivity contribution in [2.24, 2.45) is 0 Å². The van der Waals surface area contributed by atoms with Crippen molar-refractivity contribution < 1.29 is 9.90 Å². The molecular weight excluding hydrogens is 262 g/mol. The Kier molecular flexibility index (Phi) is 7.56. The van der Waals surface area contributed by atoms with Crippen LogP contribution >= 0.6 is 0 Å². The van der Waals surface area contributed by atoms with Crippen molar-refractivity contribution in [2.75, 3.05) is 13.2 Å². The van der Waals surface area contributed by atoms with Gasteiger partial charge in [-0.15, -0.1) is 0 Å². The van der Waals surface area contributed by atoms with Crippen LogP contribution in [0.3, 0.4) is 0 Å². The van der Waals surface area contributed by atoms with Gasteiger partial charge in [0.15, 0.2) is 0 Å². The molecule has 1 N–H and O–H groups in total. The summed E-state index contributed by atoms with van der Waals surface area (Å²) in [6.45, 7) is 6.86. The maximum atomic E-state index is 12.8. The van der Waals surface area contributed by atoms with Gasteiger partial charge >= 0.3 is 0 Å². The number of unbranched alkanes of at least 4 members (excludes halogenated alkanes) is 1. The van der Waals surface area contributed by atoms with Gasteiger partial charge in [0, 0.05) is 18.2 Å². The summed E-state index contributed by atoms with van der Waals surface area (Å²) in [5.41, 5.74) is 1.30. The topological polar surface area (TPSA) is 40.5 Å². The molecule has 1 unspecified atom stereocenters. The predicted molar refractivity (Wildman–Crippen MR) is 86.1 cm³/mol. The van der Waals surface area contributed by atoms with Crippen LogP contribution in [0.15, 0.2) is 24.3 Å². The standard InChI is InChI=1S/C18H25NO2/c1-4-6-13-19(15(3)5-2)18(21)17-12-8-7-10-16(17)11-9-14-20/h7-8,10,12,15,20H,4-6,13-14H2,1-3H3. The Morgan fingerprint density at radius 3 is 2.67 bits per heavy atom. The molecule has 1 aromatic rings. The van der Waals surface area contributed by atoms with Crippen LogP contribution in [0.1, 0.15) is 56.0 Å². The van der Waals surface area contributed by atoms with E-state index in [0.717, 1.165) is 25.8 Å². The summed E-state index contributed by atoms with van der Waals surface area (Å²) >= 11 is 0. The van der Waals surface area contributed by atoms with Crippen molar-refractivity contribution >= 4 is 5.91 Å². The van der Waals surface area contributed by atoms with E-state index in [1.165, 1.54) is 0 Å². The van der Waals surface area contributed by atoms with Gasteiger partial charge in [-0.2, -0.15) is 0 Å². The second-order valence-electron chi connectivity index (χ2n) is 5.11. The first-order chi connectivity index (χ1) is 10.2. The number of amides is 1. The summed E-state index contributed by atoms with van der Waals surface area (Å²) in [5, 5.41) is 8.84. The minimum atomic E-state index is -0.201. The largest absolute Gasteiger partial charge is 0.384 e. The average molecular weight is 287 g/mol. The molecule has 1 aromatic carbocycles. The molecule has 3 heteroatoms. The first kappa shape index (κ1) is 17.3. The van der Waals surface area contributed by atoms with Gasteiger partial charge < -0.3 is 10.0 Å². The van der Waals surface area contributed by atoms with E-state index < -0.39 is 0 Å². The van der Waals surface area contributed by atoms with Gasteiger partial charge in [-0.3, -0.25) is 4.79 Å². The van der Waals surface area contributed by atoms with Crippen molar-refractivity contribution in [3.63, 3.8) is 0 Å². The number of aliphatic hydroxyl groups is 1. The molecule has 0 aliphatic heterocycles. The number of hydrogen-bond acceptors (Lipinski definition) is 2. The Hall–Kier alpha value is -1.79. The monoisotopic (exact) mass is 287 g/mol. The van der Waals surface area contributed by atoms with E-state index in [0.29, 0.717) is 11.1 Å². The Morgan fingerprint density at radius 2 is 2.05 bits per heavy atom. The minimum absolute atomic E-state index is 0.0284. The number of benzene rings is 1. The van der Waals surface area contributed by atoms with Crippen molar-refractivity contribution in [3.05, 3.63) is 35.4 Å². The minimum Gasteiger partial charge on any atom is -0.384 e. The second-order valence-corrected chi connectivity index (χ2v) is 5.11.